The van der Waals surface area contributed by atoms with Crippen molar-refractivity contribution in [2.75, 3.05) is 7.05 Å². The maximum absolute atomic E-state index is 5.56. The van der Waals surface area contributed by atoms with Gasteiger partial charge in [0.2, 0.25) is 5.89 Å². The highest BCUT2D eigenvalue weighted by atomic mass is 16.5. The van der Waals surface area contributed by atoms with E-state index in [2.05, 4.69) is 34.7 Å². The van der Waals surface area contributed by atoms with Gasteiger partial charge < -0.3 is 9.84 Å². The molecule has 1 N–H and O–H groups in total. The molecule has 1 fully saturated rings. The van der Waals surface area contributed by atoms with Crippen molar-refractivity contribution >= 4 is 0 Å². The second-order valence-electron chi connectivity index (χ2n) is 6.28. The summed E-state index contributed by atoms with van der Waals surface area (Å²) in [6, 6.07) is 9.20. The van der Waals surface area contributed by atoms with Gasteiger partial charge in [-0.1, -0.05) is 29.4 Å². The van der Waals surface area contributed by atoms with Gasteiger partial charge in [0.1, 0.15) is 0 Å². The fraction of sp³-hybridized carbons (Fsp3) is 0.529. The fourth-order valence-corrected chi connectivity index (χ4v) is 3.67. The Morgan fingerprint density at radius 2 is 1.95 bits per heavy atom. The Morgan fingerprint density at radius 1 is 1.14 bits per heavy atom. The topological polar surface area (TPSA) is 51.0 Å². The quantitative estimate of drug-likeness (QED) is 0.940. The molecule has 2 aromatic rings. The van der Waals surface area contributed by atoms with E-state index < -0.39 is 0 Å². The molecule has 21 heavy (non-hydrogen) atoms. The summed E-state index contributed by atoms with van der Waals surface area (Å²) in [5, 5.41) is 7.61. The van der Waals surface area contributed by atoms with Gasteiger partial charge in [-0.3, -0.25) is 0 Å². The molecular formula is C17H21N3O. The van der Waals surface area contributed by atoms with Crippen molar-refractivity contribution in [2.24, 2.45) is 0 Å². The van der Waals surface area contributed by atoms with Crippen LogP contribution in [0.3, 0.4) is 0 Å². The van der Waals surface area contributed by atoms with Gasteiger partial charge >= 0.3 is 0 Å². The molecule has 1 saturated carbocycles. The lowest BCUT2D eigenvalue weighted by Crippen LogP contribution is -2.29. The van der Waals surface area contributed by atoms with Crippen LogP contribution >= 0.6 is 0 Å². The van der Waals surface area contributed by atoms with Crippen LogP contribution < -0.4 is 5.32 Å². The SMILES string of the molecule is CNC1CCC(c2nc(C3Cc4ccccc43)no2)CC1. The van der Waals surface area contributed by atoms with Crippen LogP contribution in [0.15, 0.2) is 28.8 Å². The Bertz CT molecular complexity index is 628. The molecule has 1 aromatic heterocycles. The molecule has 0 radical (unpaired) electrons. The molecular weight excluding hydrogens is 262 g/mol. The molecule has 0 saturated heterocycles. The van der Waals surface area contributed by atoms with E-state index in [1.165, 1.54) is 24.0 Å². The highest BCUT2D eigenvalue weighted by Crippen LogP contribution is 2.39. The number of nitrogens with zero attached hydrogens (tertiary/aromatic N) is 2. The predicted octanol–water partition coefficient (Wildman–Crippen LogP) is 3.00. The molecule has 1 aromatic carbocycles. The second-order valence-corrected chi connectivity index (χ2v) is 6.28. The molecule has 2 aliphatic carbocycles. The number of benzene rings is 1. The zero-order valence-electron chi connectivity index (χ0n) is 12.4. The van der Waals surface area contributed by atoms with Crippen LogP contribution in [0.2, 0.25) is 0 Å². The van der Waals surface area contributed by atoms with Crippen molar-refractivity contribution in [1.29, 1.82) is 0 Å². The molecule has 4 nitrogen and oxygen atoms in total. The summed E-state index contributed by atoms with van der Waals surface area (Å²) in [4.78, 5) is 4.71. The predicted molar refractivity (Wildman–Crippen MR) is 80.3 cm³/mol. The number of hydrogen-bond acceptors (Lipinski definition) is 4. The summed E-state index contributed by atoms with van der Waals surface area (Å²) in [6.07, 6.45) is 5.74. The number of hydrogen-bond donors (Lipinski definition) is 1. The molecule has 1 atom stereocenters. The third kappa shape index (κ3) is 2.27. The molecule has 0 bridgehead atoms. The lowest BCUT2D eigenvalue weighted by Gasteiger charge is -2.27. The van der Waals surface area contributed by atoms with E-state index in [0.717, 1.165) is 31.0 Å². The molecule has 110 valence electrons. The molecule has 1 unspecified atom stereocenters. The van der Waals surface area contributed by atoms with Crippen LogP contribution in [0, 0.1) is 0 Å². The van der Waals surface area contributed by atoms with E-state index in [1.54, 1.807) is 0 Å². The molecule has 1 heterocycles. The van der Waals surface area contributed by atoms with Crippen molar-refractivity contribution in [2.45, 2.75) is 50.0 Å². The average molecular weight is 283 g/mol. The average Bonchev–Trinajstić information content (AvgIpc) is 2.98. The van der Waals surface area contributed by atoms with Gasteiger partial charge in [0.25, 0.3) is 0 Å². The summed E-state index contributed by atoms with van der Waals surface area (Å²) in [6.45, 7) is 0. The first-order valence-corrected chi connectivity index (χ1v) is 7.93. The Labute approximate surface area is 124 Å². The van der Waals surface area contributed by atoms with Crippen LogP contribution in [0.4, 0.5) is 0 Å². The van der Waals surface area contributed by atoms with Crippen molar-refractivity contribution in [3.8, 4) is 0 Å². The Kier molecular flexibility index (Phi) is 3.26. The van der Waals surface area contributed by atoms with E-state index in [-0.39, 0.29) is 0 Å². The first kappa shape index (κ1) is 13.0. The van der Waals surface area contributed by atoms with Gasteiger partial charge in [-0.25, -0.2) is 0 Å². The Morgan fingerprint density at radius 3 is 2.71 bits per heavy atom. The van der Waals surface area contributed by atoms with Crippen LogP contribution in [-0.2, 0) is 6.42 Å². The van der Waals surface area contributed by atoms with Gasteiger partial charge in [-0.2, -0.15) is 4.98 Å². The van der Waals surface area contributed by atoms with Crippen LogP contribution in [0.5, 0.6) is 0 Å². The van der Waals surface area contributed by atoms with Crippen molar-refractivity contribution < 1.29 is 4.52 Å². The van der Waals surface area contributed by atoms with Crippen LogP contribution in [0.25, 0.3) is 0 Å². The Balaban J connectivity index is 1.48. The van der Waals surface area contributed by atoms with Gasteiger partial charge in [-0.15, -0.1) is 0 Å². The minimum atomic E-state index is 0.340. The minimum absolute atomic E-state index is 0.340. The van der Waals surface area contributed by atoms with Gasteiger partial charge in [-0.05, 0) is 50.3 Å². The molecule has 0 amide bonds. The standard InChI is InChI=1S/C17H21N3O/c1-18-13-8-6-11(7-9-13)17-19-16(20-21-17)15-10-12-4-2-3-5-14(12)15/h2-5,11,13,15,18H,6-10H2,1H3. The fourth-order valence-electron chi connectivity index (χ4n) is 3.67. The minimum Gasteiger partial charge on any atom is -0.339 e. The lowest BCUT2D eigenvalue weighted by atomic mass is 9.77. The third-order valence-electron chi connectivity index (χ3n) is 5.11. The highest BCUT2D eigenvalue weighted by Gasteiger charge is 2.32. The zero-order chi connectivity index (χ0) is 14.2. The highest BCUT2D eigenvalue weighted by molar-refractivity contribution is 5.43. The van der Waals surface area contributed by atoms with E-state index in [1.807, 2.05) is 7.05 Å². The maximum atomic E-state index is 5.56. The first-order chi connectivity index (χ1) is 10.3. The van der Waals surface area contributed by atoms with Crippen molar-refractivity contribution in [1.82, 2.24) is 15.5 Å². The molecule has 4 rings (SSSR count). The summed E-state index contributed by atoms with van der Waals surface area (Å²) >= 11 is 0. The van der Waals surface area contributed by atoms with E-state index in [4.69, 9.17) is 9.51 Å². The second kappa shape index (κ2) is 5.26. The third-order valence-corrected chi connectivity index (χ3v) is 5.11. The molecule has 0 spiro atoms. The smallest absolute Gasteiger partial charge is 0.229 e. The lowest BCUT2D eigenvalue weighted by molar-refractivity contribution is 0.287. The van der Waals surface area contributed by atoms with Crippen LogP contribution in [-0.4, -0.2) is 23.2 Å². The van der Waals surface area contributed by atoms with Gasteiger partial charge in [0.15, 0.2) is 5.82 Å². The zero-order valence-corrected chi connectivity index (χ0v) is 12.4. The van der Waals surface area contributed by atoms with E-state index >= 15 is 0 Å². The normalized spacial score (nSPS) is 28.0. The molecule has 0 aliphatic heterocycles. The van der Waals surface area contributed by atoms with E-state index in [9.17, 15) is 0 Å². The Hall–Kier alpha value is -1.68. The summed E-state index contributed by atoms with van der Waals surface area (Å²) < 4.78 is 5.56. The molecule has 4 heteroatoms. The summed E-state index contributed by atoms with van der Waals surface area (Å²) in [5.74, 6) is 2.52. The van der Waals surface area contributed by atoms with Gasteiger partial charge in [0.05, 0.1) is 5.92 Å². The summed E-state index contributed by atoms with van der Waals surface area (Å²) in [5.41, 5.74) is 2.78. The van der Waals surface area contributed by atoms with E-state index in [0.29, 0.717) is 17.9 Å². The number of fused-ring (bicyclic) bond motifs is 1. The molecule has 2 aliphatic rings. The largest absolute Gasteiger partial charge is 0.339 e. The number of nitrogens with one attached hydrogen (secondary N) is 1. The maximum Gasteiger partial charge on any atom is 0.229 e. The number of rotatable bonds is 3. The van der Waals surface area contributed by atoms with Crippen molar-refractivity contribution in [3.05, 3.63) is 47.1 Å². The summed E-state index contributed by atoms with van der Waals surface area (Å²) in [7, 11) is 2.05. The van der Waals surface area contributed by atoms with Crippen molar-refractivity contribution in [3.63, 3.8) is 0 Å². The number of aromatic nitrogens is 2. The first-order valence-electron chi connectivity index (χ1n) is 7.93. The van der Waals surface area contributed by atoms with Crippen LogP contribution in [0.1, 0.15) is 60.4 Å². The van der Waals surface area contributed by atoms with Gasteiger partial charge in [0, 0.05) is 12.0 Å². The monoisotopic (exact) mass is 283 g/mol.